The molecule has 4 rings (SSSR count). The van der Waals surface area contributed by atoms with Crippen LogP contribution in [0, 0.1) is 0 Å². The van der Waals surface area contributed by atoms with Gasteiger partial charge in [-0.3, -0.25) is 9.36 Å². The van der Waals surface area contributed by atoms with Gasteiger partial charge in [-0.1, -0.05) is 35.5 Å². The van der Waals surface area contributed by atoms with E-state index >= 15 is 0 Å². The molecule has 1 heterocycles. The van der Waals surface area contributed by atoms with E-state index in [-0.39, 0.29) is 11.7 Å². The summed E-state index contributed by atoms with van der Waals surface area (Å²) >= 11 is 7.39. The van der Waals surface area contributed by atoms with Crippen LogP contribution in [0.15, 0.2) is 78.0 Å². The number of amides is 1. The van der Waals surface area contributed by atoms with E-state index in [4.69, 9.17) is 21.1 Å². The van der Waals surface area contributed by atoms with E-state index in [1.54, 1.807) is 19.2 Å². The Kier molecular flexibility index (Phi) is 7.72. The fraction of sp³-hybridized carbons (Fsp3) is 0.160. The quantitative estimate of drug-likeness (QED) is 0.299. The Morgan fingerprint density at radius 3 is 2.47 bits per heavy atom. The highest BCUT2D eigenvalue weighted by Crippen LogP contribution is 2.33. The maximum atomic E-state index is 12.6. The number of carbonyl (C=O) groups excluding carboxylic acids is 1. The molecule has 0 atom stereocenters. The predicted octanol–water partition coefficient (Wildman–Crippen LogP) is 5.73. The first-order valence-corrected chi connectivity index (χ1v) is 12.0. The van der Waals surface area contributed by atoms with Crippen molar-refractivity contribution in [3.63, 3.8) is 0 Å². The first-order chi connectivity index (χ1) is 16.6. The third-order valence-corrected chi connectivity index (χ3v) is 6.03. The minimum atomic E-state index is -0.154. The number of thioether (sulfide) groups is 1. The summed E-state index contributed by atoms with van der Waals surface area (Å²) < 4.78 is 12.9. The summed E-state index contributed by atoms with van der Waals surface area (Å²) in [4.78, 5) is 12.6. The SMILES string of the molecule is CCOc1ccc(NC(=O)CSc2nnc(-c3ccccc3OC)n2-c2ccc(Cl)cc2)cc1. The molecular weight excluding hydrogens is 472 g/mol. The van der Waals surface area contributed by atoms with Gasteiger partial charge in [-0.25, -0.2) is 0 Å². The summed E-state index contributed by atoms with van der Waals surface area (Å²) in [5.74, 6) is 2.04. The van der Waals surface area contributed by atoms with E-state index in [2.05, 4.69) is 15.5 Å². The van der Waals surface area contributed by atoms with Gasteiger partial charge in [0, 0.05) is 16.4 Å². The van der Waals surface area contributed by atoms with Crippen LogP contribution >= 0.6 is 23.4 Å². The number of para-hydroxylation sites is 1. The van der Waals surface area contributed by atoms with E-state index in [0.29, 0.717) is 34.0 Å². The van der Waals surface area contributed by atoms with Gasteiger partial charge in [0.25, 0.3) is 0 Å². The predicted molar refractivity (Wildman–Crippen MR) is 135 cm³/mol. The molecule has 0 saturated heterocycles. The average molecular weight is 495 g/mol. The highest BCUT2D eigenvalue weighted by molar-refractivity contribution is 7.99. The molecule has 0 aliphatic heterocycles. The molecule has 0 fully saturated rings. The van der Waals surface area contributed by atoms with Crippen LogP contribution in [-0.4, -0.2) is 40.1 Å². The summed E-state index contributed by atoms with van der Waals surface area (Å²) in [7, 11) is 1.61. The first kappa shape index (κ1) is 23.7. The minimum absolute atomic E-state index is 0.154. The van der Waals surface area contributed by atoms with Crippen LogP contribution in [0.3, 0.4) is 0 Å². The van der Waals surface area contributed by atoms with E-state index in [1.165, 1.54) is 11.8 Å². The van der Waals surface area contributed by atoms with Gasteiger partial charge in [0.15, 0.2) is 11.0 Å². The van der Waals surface area contributed by atoms with Gasteiger partial charge < -0.3 is 14.8 Å². The summed E-state index contributed by atoms with van der Waals surface area (Å²) in [5, 5.41) is 12.9. The second kappa shape index (κ2) is 11.1. The summed E-state index contributed by atoms with van der Waals surface area (Å²) in [6.45, 7) is 2.52. The maximum absolute atomic E-state index is 12.6. The monoisotopic (exact) mass is 494 g/mol. The van der Waals surface area contributed by atoms with Crippen molar-refractivity contribution in [2.45, 2.75) is 12.1 Å². The van der Waals surface area contributed by atoms with Gasteiger partial charge in [0.1, 0.15) is 11.5 Å². The number of nitrogens with one attached hydrogen (secondary N) is 1. The van der Waals surface area contributed by atoms with Crippen molar-refractivity contribution < 1.29 is 14.3 Å². The van der Waals surface area contributed by atoms with Crippen LogP contribution in [0.5, 0.6) is 11.5 Å². The van der Waals surface area contributed by atoms with Crippen molar-refractivity contribution in [2.24, 2.45) is 0 Å². The maximum Gasteiger partial charge on any atom is 0.234 e. The zero-order valence-corrected chi connectivity index (χ0v) is 20.3. The Bertz CT molecular complexity index is 1260. The molecule has 7 nitrogen and oxygen atoms in total. The molecule has 0 radical (unpaired) electrons. The molecule has 1 aromatic heterocycles. The lowest BCUT2D eigenvalue weighted by molar-refractivity contribution is -0.113. The van der Waals surface area contributed by atoms with Crippen molar-refractivity contribution >= 4 is 35.0 Å². The fourth-order valence-corrected chi connectivity index (χ4v) is 4.20. The van der Waals surface area contributed by atoms with Gasteiger partial charge in [0.05, 0.1) is 25.0 Å². The minimum Gasteiger partial charge on any atom is -0.496 e. The van der Waals surface area contributed by atoms with Gasteiger partial charge in [-0.15, -0.1) is 10.2 Å². The number of aromatic nitrogens is 3. The lowest BCUT2D eigenvalue weighted by Gasteiger charge is -2.12. The molecule has 4 aromatic rings. The Balaban J connectivity index is 1.57. The fourth-order valence-electron chi connectivity index (χ4n) is 3.32. The normalized spacial score (nSPS) is 10.7. The lowest BCUT2D eigenvalue weighted by Crippen LogP contribution is -2.14. The summed E-state index contributed by atoms with van der Waals surface area (Å²) in [6, 6.07) is 22.2. The highest BCUT2D eigenvalue weighted by atomic mass is 35.5. The Morgan fingerprint density at radius 2 is 1.76 bits per heavy atom. The zero-order chi connectivity index (χ0) is 23.9. The molecule has 0 aliphatic carbocycles. The van der Waals surface area contributed by atoms with Crippen LogP contribution in [0.25, 0.3) is 17.1 Å². The molecule has 0 unspecified atom stereocenters. The molecule has 0 spiro atoms. The van der Waals surface area contributed by atoms with E-state index in [0.717, 1.165) is 17.0 Å². The number of hydrogen-bond donors (Lipinski definition) is 1. The highest BCUT2D eigenvalue weighted by Gasteiger charge is 2.20. The largest absolute Gasteiger partial charge is 0.496 e. The van der Waals surface area contributed by atoms with Crippen LogP contribution in [0.2, 0.25) is 5.02 Å². The van der Waals surface area contributed by atoms with Gasteiger partial charge in [-0.05, 0) is 67.6 Å². The van der Waals surface area contributed by atoms with E-state index < -0.39 is 0 Å². The number of methoxy groups -OCH3 is 1. The van der Waals surface area contributed by atoms with Gasteiger partial charge in [0.2, 0.25) is 5.91 Å². The number of rotatable bonds is 9. The second-order valence-electron chi connectivity index (χ2n) is 7.11. The Morgan fingerprint density at radius 1 is 1.03 bits per heavy atom. The van der Waals surface area contributed by atoms with Crippen LogP contribution in [0.1, 0.15) is 6.92 Å². The molecule has 34 heavy (non-hydrogen) atoms. The zero-order valence-electron chi connectivity index (χ0n) is 18.7. The molecule has 174 valence electrons. The van der Waals surface area contributed by atoms with Crippen molar-refractivity contribution in [1.82, 2.24) is 14.8 Å². The number of hydrogen-bond acceptors (Lipinski definition) is 6. The number of halogens is 1. The number of anilines is 1. The van der Waals surface area contributed by atoms with Gasteiger partial charge >= 0.3 is 0 Å². The van der Waals surface area contributed by atoms with Crippen LogP contribution in [-0.2, 0) is 4.79 Å². The van der Waals surface area contributed by atoms with Crippen molar-refractivity contribution in [2.75, 3.05) is 24.8 Å². The molecule has 0 bridgehead atoms. The second-order valence-corrected chi connectivity index (χ2v) is 8.49. The number of ether oxygens (including phenoxy) is 2. The van der Waals surface area contributed by atoms with E-state index in [9.17, 15) is 4.79 Å². The third-order valence-electron chi connectivity index (χ3n) is 4.85. The number of nitrogens with zero attached hydrogens (tertiary/aromatic N) is 3. The first-order valence-electron chi connectivity index (χ1n) is 10.6. The average Bonchev–Trinajstić information content (AvgIpc) is 3.28. The van der Waals surface area contributed by atoms with Crippen molar-refractivity contribution in [3.8, 4) is 28.6 Å². The Hall–Kier alpha value is -3.49. The smallest absolute Gasteiger partial charge is 0.234 e. The summed E-state index contributed by atoms with van der Waals surface area (Å²) in [6.07, 6.45) is 0. The van der Waals surface area contributed by atoms with E-state index in [1.807, 2.05) is 72.2 Å². The lowest BCUT2D eigenvalue weighted by atomic mass is 10.2. The molecule has 3 aromatic carbocycles. The molecule has 9 heteroatoms. The molecule has 1 amide bonds. The Labute approximate surface area is 207 Å². The van der Waals surface area contributed by atoms with Crippen molar-refractivity contribution in [1.29, 1.82) is 0 Å². The molecule has 0 aliphatic rings. The molecule has 1 N–H and O–H groups in total. The molecule has 0 saturated carbocycles. The van der Waals surface area contributed by atoms with Gasteiger partial charge in [-0.2, -0.15) is 0 Å². The van der Waals surface area contributed by atoms with Crippen LogP contribution < -0.4 is 14.8 Å². The molecular formula is C25H23ClN4O3S. The number of carbonyl (C=O) groups is 1. The van der Waals surface area contributed by atoms with Crippen molar-refractivity contribution in [3.05, 3.63) is 77.8 Å². The third kappa shape index (κ3) is 5.52. The standard InChI is InChI=1S/C25H23ClN4O3S/c1-3-33-20-14-10-18(11-15-20)27-23(31)16-34-25-29-28-24(21-6-4-5-7-22(21)32-2)30(25)19-12-8-17(26)9-13-19/h4-15H,3,16H2,1-2H3,(H,27,31). The topological polar surface area (TPSA) is 78.3 Å². The summed E-state index contributed by atoms with van der Waals surface area (Å²) in [5.41, 5.74) is 2.31. The van der Waals surface area contributed by atoms with Crippen LogP contribution in [0.4, 0.5) is 5.69 Å². The number of benzene rings is 3.